The number of para-hydroxylation sites is 1. The number of hydrogen-bond acceptors (Lipinski definition) is 1. The highest BCUT2D eigenvalue weighted by Gasteiger charge is 2.45. The number of allylic oxidation sites excluding steroid dienone is 1. The summed E-state index contributed by atoms with van der Waals surface area (Å²) in [5, 5.41) is 2.28. The van der Waals surface area contributed by atoms with Crippen LogP contribution in [0.3, 0.4) is 0 Å². The van der Waals surface area contributed by atoms with Gasteiger partial charge in [-0.25, -0.2) is 0 Å². The first kappa shape index (κ1) is 20.8. The van der Waals surface area contributed by atoms with Crippen LogP contribution in [0, 0.1) is 11.8 Å². The molecule has 2 N–H and O–H groups in total. The molecule has 0 spiro atoms. The normalized spacial score (nSPS) is 16.9. The fraction of sp³-hybridized carbons (Fsp3) is 0.0968. The highest BCUT2D eigenvalue weighted by molar-refractivity contribution is 5.87. The molecular formula is C31H26NO+. The van der Waals surface area contributed by atoms with E-state index in [0.717, 1.165) is 40.1 Å². The zero-order valence-corrected chi connectivity index (χ0v) is 18.7. The maximum Gasteiger partial charge on any atom is 0.291 e. The molecule has 4 aromatic rings. The molecule has 0 radical (unpaired) electrons. The Labute approximate surface area is 195 Å². The lowest BCUT2D eigenvalue weighted by molar-refractivity contribution is -0.774. The van der Waals surface area contributed by atoms with E-state index in [1.807, 2.05) is 60.7 Å². The Hall–Kier alpha value is -4.06. The van der Waals surface area contributed by atoms with E-state index >= 15 is 0 Å². The van der Waals surface area contributed by atoms with Gasteiger partial charge in [-0.05, 0) is 43.3 Å². The van der Waals surface area contributed by atoms with Gasteiger partial charge in [0, 0.05) is 22.3 Å². The summed E-state index contributed by atoms with van der Waals surface area (Å²) < 4.78 is 6.84. The smallest absolute Gasteiger partial charge is 0.291 e. The predicted octanol–water partition coefficient (Wildman–Crippen LogP) is 5.52. The minimum Gasteiger partial charge on any atom is -0.432 e. The maximum absolute atomic E-state index is 6.84. The monoisotopic (exact) mass is 428 g/mol. The lowest BCUT2D eigenvalue weighted by atomic mass is 9.85. The molecule has 0 amide bonds. The van der Waals surface area contributed by atoms with Gasteiger partial charge in [0.2, 0.25) is 0 Å². The molecule has 0 saturated heterocycles. The first-order valence-corrected chi connectivity index (χ1v) is 11.3. The highest BCUT2D eigenvalue weighted by Crippen LogP contribution is 2.42. The van der Waals surface area contributed by atoms with Crippen LogP contribution in [-0.2, 0) is 12.3 Å². The summed E-state index contributed by atoms with van der Waals surface area (Å²) in [6, 6.07) is 39.3. The molecule has 0 bridgehead atoms. The molecule has 1 aliphatic rings. The first-order chi connectivity index (χ1) is 16.3. The molecule has 1 heterocycles. The summed E-state index contributed by atoms with van der Waals surface area (Å²) in [7, 11) is 0. The van der Waals surface area contributed by atoms with Gasteiger partial charge < -0.3 is 4.74 Å². The Morgan fingerprint density at radius 2 is 1.30 bits per heavy atom. The minimum absolute atomic E-state index is 0.702. The molecule has 1 aliphatic heterocycles. The fourth-order valence-electron chi connectivity index (χ4n) is 4.37. The van der Waals surface area contributed by atoms with Crippen molar-refractivity contribution < 1.29 is 10.1 Å². The van der Waals surface area contributed by atoms with E-state index in [0.29, 0.717) is 0 Å². The number of quaternary nitrogens is 1. The van der Waals surface area contributed by atoms with Gasteiger partial charge in [-0.1, -0.05) is 90.7 Å². The van der Waals surface area contributed by atoms with Crippen LogP contribution >= 0.6 is 0 Å². The highest BCUT2D eigenvalue weighted by atomic mass is 16.5. The summed E-state index contributed by atoms with van der Waals surface area (Å²) in [5.41, 5.74) is 5.82. The fourth-order valence-corrected chi connectivity index (χ4v) is 4.37. The Morgan fingerprint density at radius 1 is 0.697 bits per heavy atom. The molecule has 160 valence electrons. The predicted molar refractivity (Wildman–Crippen MR) is 133 cm³/mol. The van der Waals surface area contributed by atoms with Crippen LogP contribution in [0.25, 0.3) is 5.57 Å². The standard InChI is InChI=1S/C31H25NO/c1-24-28(22-21-25-13-5-2-6-14-25)29-19-11-12-20-30(29)33-31(24,27-17-9-4-10-18-27)32-23-26-15-7-3-8-16-26/h2-20,32H,23H2,1H3/p+1. The molecule has 0 saturated carbocycles. The van der Waals surface area contributed by atoms with Crippen molar-refractivity contribution in [2.45, 2.75) is 19.2 Å². The van der Waals surface area contributed by atoms with Crippen molar-refractivity contribution in [1.29, 1.82) is 0 Å². The van der Waals surface area contributed by atoms with Crippen LogP contribution in [-0.4, -0.2) is 0 Å². The molecule has 4 aromatic carbocycles. The minimum atomic E-state index is -0.702. The van der Waals surface area contributed by atoms with Crippen molar-refractivity contribution in [3.63, 3.8) is 0 Å². The lowest BCUT2D eigenvalue weighted by Crippen LogP contribution is -2.96. The first-order valence-electron chi connectivity index (χ1n) is 11.3. The second-order valence-corrected chi connectivity index (χ2v) is 8.21. The second kappa shape index (κ2) is 9.20. The molecule has 0 fully saturated rings. The summed E-state index contributed by atoms with van der Waals surface area (Å²) >= 11 is 0. The quantitative estimate of drug-likeness (QED) is 0.426. The average Bonchev–Trinajstić information content (AvgIpc) is 2.89. The molecule has 1 atom stereocenters. The van der Waals surface area contributed by atoms with Gasteiger partial charge >= 0.3 is 0 Å². The van der Waals surface area contributed by atoms with Crippen molar-refractivity contribution in [1.82, 2.24) is 0 Å². The number of hydrogen-bond donors (Lipinski definition) is 1. The average molecular weight is 429 g/mol. The zero-order valence-electron chi connectivity index (χ0n) is 18.7. The van der Waals surface area contributed by atoms with E-state index in [1.165, 1.54) is 5.56 Å². The van der Waals surface area contributed by atoms with E-state index in [2.05, 4.69) is 78.7 Å². The van der Waals surface area contributed by atoms with Crippen molar-refractivity contribution >= 4 is 5.57 Å². The summed E-state index contributed by atoms with van der Waals surface area (Å²) in [4.78, 5) is 0. The van der Waals surface area contributed by atoms with Crippen molar-refractivity contribution in [2.24, 2.45) is 0 Å². The van der Waals surface area contributed by atoms with Gasteiger partial charge in [0.1, 0.15) is 12.3 Å². The molecule has 2 nitrogen and oxygen atoms in total. The number of nitrogens with two attached hydrogens (primary N) is 1. The molecule has 2 heteroatoms. The third-order valence-electron chi connectivity index (χ3n) is 6.14. The van der Waals surface area contributed by atoms with Crippen LogP contribution in [0.15, 0.2) is 121 Å². The summed E-state index contributed by atoms with van der Waals surface area (Å²) in [5.74, 6) is 7.72. The molecule has 5 rings (SSSR count). The Morgan fingerprint density at radius 3 is 2.03 bits per heavy atom. The largest absolute Gasteiger partial charge is 0.432 e. The van der Waals surface area contributed by atoms with Crippen LogP contribution in [0.4, 0.5) is 0 Å². The Kier molecular flexibility index (Phi) is 5.81. The second-order valence-electron chi connectivity index (χ2n) is 8.21. The Balaban J connectivity index is 1.67. The van der Waals surface area contributed by atoms with Crippen molar-refractivity contribution in [3.8, 4) is 17.6 Å². The van der Waals surface area contributed by atoms with E-state index in [4.69, 9.17) is 4.74 Å². The molecule has 33 heavy (non-hydrogen) atoms. The van der Waals surface area contributed by atoms with Crippen molar-refractivity contribution in [3.05, 3.63) is 143 Å². The number of fused-ring (bicyclic) bond motifs is 1. The topological polar surface area (TPSA) is 25.8 Å². The molecule has 1 unspecified atom stereocenters. The van der Waals surface area contributed by atoms with Gasteiger partial charge in [-0.15, -0.1) is 0 Å². The van der Waals surface area contributed by atoms with E-state index in [9.17, 15) is 0 Å². The number of ether oxygens (including phenoxy) is 1. The van der Waals surface area contributed by atoms with Gasteiger partial charge in [-0.3, -0.25) is 5.32 Å². The van der Waals surface area contributed by atoms with Gasteiger partial charge in [-0.2, -0.15) is 0 Å². The SMILES string of the molecule is CC1=C(C#Cc2ccccc2)c2ccccc2OC1([NH2+]Cc1ccccc1)c1ccccc1. The van der Waals surface area contributed by atoms with E-state index < -0.39 is 5.72 Å². The summed E-state index contributed by atoms with van der Waals surface area (Å²) in [6.45, 7) is 2.94. The lowest BCUT2D eigenvalue weighted by Gasteiger charge is -2.37. The molecule has 0 aliphatic carbocycles. The third kappa shape index (κ3) is 4.20. The Bertz CT molecular complexity index is 1330. The maximum atomic E-state index is 6.84. The number of benzene rings is 4. The van der Waals surface area contributed by atoms with E-state index in [1.54, 1.807) is 0 Å². The van der Waals surface area contributed by atoms with Gasteiger partial charge in [0.25, 0.3) is 5.72 Å². The van der Waals surface area contributed by atoms with Gasteiger partial charge in [0.05, 0.1) is 11.1 Å². The number of rotatable bonds is 4. The van der Waals surface area contributed by atoms with Crippen LogP contribution in [0.1, 0.15) is 29.2 Å². The van der Waals surface area contributed by atoms with E-state index in [-0.39, 0.29) is 0 Å². The molecule has 0 aromatic heterocycles. The summed E-state index contributed by atoms with van der Waals surface area (Å²) in [6.07, 6.45) is 0. The van der Waals surface area contributed by atoms with Crippen LogP contribution < -0.4 is 10.1 Å². The zero-order chi connectivity index (χ0) is 22.5. The van der Waals surface area contributed by atoms with Gasteiger partial charge in [0.15, 0.2) is 0 Å². The third-order valence-corrected chi connectivity index (χ3v) is 6.14. The van der Waals surface area contributed by atoms with Crippen molar-refractivity contribution in [2.75, 3.05) is 0 Å². The van der Waals surface area contributed by atoms with Crippen LogP contribution in [0.5, 0.6) is 5.75 Å². The van der Waals surface area contributed by atoms with Crippen LogP contribution in [0.2, 0.25) is 0 Å². The molecular weight excluding hydrogens is 402 g/mol.